The zero-order valence-corrected chi connectivity index (χ0v) is 38.7. The quantitative estimate of drug-likeness (QED) is 0.102. The third-order valence-electron chi connectivity index (χ3n) is 12.3. The fraction of sp³-hybridized carbons (Fsp3) is 0.574. The van der Waals surface area contributed by atoms with Crippen molar-refractivity contribution in [1.82, 2.24) is 50.0 Å². The second kappa shape index (κ2) is 25.8. The number of H-pyrrole nitrogens is 1. The van der Waals surface area contributed by atoms with E-state index < -0.39 is 18.1 Å². The van der Waals surface area contributed by atoms with Crippen LogP contribution in [0.2, 0.25) is 0 Å². The van der Waals surface area contributed by atoms with E-state index in [0.29, 0.717) is 42.0 Å². The Morgan fingerprint density at radius 2 is 1.50 bits per heavy atom. The zero-order chi connectivity index (χ0) is 45.8. The van der Waals surface area contributed by atoms with Crippen LogP contribution in [0.1, 0.15) is 74.3 Å². The number of carbonyl (C=O) groups excluding carboxylic acids is 5. The minimum atomic E-state index is -0.893. The van der Waals surface area contributed by atoms with Gasteiger partial charge in [0.25, 0.3) is 5.91 Å². The fourth-order valence-electron chi connectivity index (χ4n) is 8.17. The van der Waals surface area contributed by atoms with E-state index in [1.807, 2.05) is 37.3 Å². The Balaban J connectivity index is 1.20. The summed E-state index contributed by atoms with van der Waals surface area (Å²) in [5.74, 6) is -0.847. The lowest BCUT2D eigenvalue weighted by Gasteiger charge is -2.33. The highest BCUT2D eigenvalue weighted by Crippen LogP contribution is 2.27. The summed E-state index contributed by atoms with van der Waals surface area (Å²) in [5.41, 5.74) is 2.76. The number of carbonyl (C=O) groups is 5. The molecule has 0 bridgehead atoms. The number of aromatic amines is 1. The number of nitrogens with one attached hydrogen (secondary N) is 4. The number of likely N-dealkylation sites (N-methyl/N-ethyl adjacent to an activating group) is 3. The molecular weight excluding hydrogens is 815 g/mol. The predicted molar refractivity (Wildman–Crippen MR) is 247 cm³/mol. The average Bonchev–Trinajstić information content (AvgIpc) is 3.78. The normalized spacial score (nSPS) is 17.8. The van der Waals surface area contributed by atoms with Gasteiger partial charge in [0.05, 0.1) is 26.6 Å². The van der Waals surface area contributed by atoms with Gasteiger partial charge in [0.15, 0.2) is 0 Å². The van der Waals surface area contributed by atoms with Crippen LogP contribution in [0.5, 0.6) is 0 Å². The SMILES string of the molecule is CC[C@H](NC(=O)CN1CCN(CC)CCN(CC)CCN(CC)CC1)C(=O)NCCCN1Cc2cc(C(=O)N(Cc3ccccc3)Cc3ncc[nH]3)ccc2N[C@@H](CC(=O)OC)C1=O. The van der Waals surface area contributed by atoms with Crippen molar-refractivity contribution < 1.29 is 28.7 Å². The molecule has 2 aliphatic rings. The molecule has 4 amide bonds. The molecule has 2 aliphatic heterocycles. The molecule has 2 aromatic carbocycles. The first-order chi connectivity index (χ1) is 31.0. The number of anilines is 1. The van der Waals surface area contributed by atoms with E-state index in [4.69, 9.17) is 4.74 Å². The van der Waals surface area contributed by atoms with Gasteiger partial charge in [-0.3, -0.25) is 28.9 Å². The van der Waals surface area contributed by atoms with Crippen molar-refractivity contribution >= 4 is 35.3 Å². The molecule has 3 aromatic rings. The van der Waals surface area contributed by atoms with Crippen molar-refractivity contribution in [1.29, 1.82) is 0 Å². The Kier molecular flexibility index (Phi) is 20.0. The van der Waals surface area contributed by atoms with Crippen molar-refractivity contribution in [3.8, 4) is 0 Å². The van der Waals surface area contributed by atoms with Gasteiger partial charge in [-0.1, -0.05) is 58.0 Å². The zero-order valence-electron chi connectivity index (χ0n) is 38.7. The van der Waals surface area contributed by atoms with Crippen LogP contribution in [0.3, 0.4) is 0 Å². The van der Waals surface area contributed by atoms with Crippen LogP contribution in [-0.2, 0) is 43.5 Å². The third kappa shape index (κ3) is 15.1. The molecule has 0 aliphatic carbocycles. The topological polar surface area (TPSA) is 179 Å². The molecule has 1 aromatic heterocycles. The molecule has 1 fully saturated rings. The Morgan fingerprint density at radius 3 is 2.08 bits per heavy atom. The number of imidazole rings is 1. The Hall–Kier alpha value is -5.36. The Morgan fingerprint density at radius 1 is 0.859 bits per heavy atom. The maximum Gasteiger partial charge on any atom is 0.308 e. The number of hydrogen-bond acceptors (Lipinski definition) is 12. The standard InChI is InChI=1S/C47H71N11O6/c1-6-39(52-43(59)35-56-28-26-54(8-3)24-22-53(7-2)23-25-55(9-4)27-29-56)45(61)50-18-13-21-57-33-38-30-37(16-17-40(38)51-41(47(57)63)31-44(60)64-5)46(62)58(34-42-48-19-20-49-42)32-36-14-11-10-12-15-36/h10-12,14-17,19-20,30,39,41,51H,6-9,13,18,21-29,31-35H2,1-5H3,(H,48,49)(H,50,61)(H,52,59)/t39-,41-/m0/s1. The molecular formula is C47H71N11O6. The van der Waals surface area contributed by atoms with Gasteiger partial charge >= 0.3 is 5.97 Å². The first-order valence-electron chi connectivity index (χ1n) is 23.1. The molecule has 1 saturated heterocycles. The lowest BCUT2D eigenvalue weighted by Crippen LogP contribution is -2.51. The number of hydrogen-bond donors (Lipinski definition) is 4. The van der Waals surface area contributed by atoms with Crippen LogP contribution < -0.4 is 16.0 Å². The van der Waals surface area contributed by atoms with Crippen LogP contribution >= 0.6 is 0 Å². The molecule has 0 saturated carbocycles. The van der Waals surface area contributed by atoms with E-state index in [9.17, 15) is 24.0 Å². The largest absolute Gasteiger partial charge is 0.469 e. The monoisotopic (exact) mass is 886 g/mol. The van der Waals surface area contributed by atoms with Gasteiger partial charge in [0.1, 0.15) is 17.9 Å². The number of benzene rings is 2. The number of esters is 1. The number of ether oxygens (including phenoxy) is 1. The summed E-state index contributed by atoms with van der Waals surface area (Å²) in [6.07, 6.45) is 4.03. The second-order valence-corrected chi connectivity index (χ2v) is 16.5. The highest BCUT2D eigenvalue weighted by molar-refractivity contribution is 5.96. The molecule has 0 unspecified atom stereocenters. The summed E-state index contributed by atoms with van der Waals surface area (Å²) in [4.78, 5) is 87.8. The van der Waals surface area contributed by atoms with Gasteiger partial charge < -0.3 is 50.2 Å². The Labute approximate surface area is 379 Å². The molecule has 17 nitrogen and oxygen atoms in total. The number of amides is 4. The second-order valence-electron chi connectivity index (χ2n) is 16.5. The number of aromatic nitrogens is 2. The first kappa shape index (κ1) is 49.7. The van der Waals surface area contributed by atoms with Crippen molar-refractivity contribution in [2.45, 2.75) is 78.7 Å². The lowest BCUT2D eigenvalue weighted by molar-refractivity contribution is -0.144. The number of rotatable bonds is 19. The van der Waals surface area contributed by atoms with Crippen molar-refractivity contribution in [3.05, 3.63) is 83.4 Å². The van der Waals surface area contributed by atoms with Crippen molar-refractivity contribution in [2.75, 3.05) is 104 Å². The van der Waals surface area contributed by atoms with Crippen LogP contribution in [-0.4, -0.2) is 180 Å². The fourth-order valence-corrected chi connectivity index (χ4v) is 8.17. The number of nitrogens with zero attached hydrogens (tertiary/aromatic N) is 7. The summed E-state index contributed by atoms with van der Waals surface area (Å²) < 4.78 is 4.92. The highest BCUT2D eigenvalue weighted by Gasteiger charge is 2.32. The minimum absolute atomic E-state index is 0.179. The average molecular weight is 886 g/mol. The molecule has 0 spiro atoms. The number of methoxy groups -OCH3 is 1. The van der Waals surface area contributed by atoms with E-state index in [1.54, 1.807) is 40.4 Å². The number of fused-ring (bicyclic) bond motifs is 1. The maximum absolute atomic E-state index is 14.1. The van der Waals surface area contributed by atoms with Crippen LogP contribution in [0, 0.1) is 0 Å². The molecule has 0 radical (unpaired) electrons. The summed E-state index contributed by atoms with van der Waals surface area (Å²) in [7, 11) is 1.28. The van der Waals surface area contributed by atoms with Gasteiger partial charge in [-0.05, 0) is 61.8 Å². The first-order valence-corrected chi connectivity index (χ1v) is 23.1. The Bertz CT molecular complexity index is 1910. The van der Waals surface area contributed by atoms with Crippen LogP contribution in [0.25, 0.3) is 0 Å². The molecule has 5 rings (SSSR count). The van der Waals surface area contributed by atoms with Crippen LogP contribution in [0.4, 0.5) is 5.69 Å². The van der Waals surface area contributed by atoms with E-state index in [1.165, 1.54) is 7.11 Å². The maximum atomic E-state index is 14.1. The molecule has 2 atom stereocenters. The van der Waals surface area contributed by atoms with Gasteiger partial charge in [-0.2, -0.15) is 0 Å². The molecule has 64 heavy (non-hydrogen) atoms. The van der Waals surface area contributed by atoms with Gasteiger partial charge in [-0.25, -0.2) is 4.98 Å². The predicted octanol–water partition coefficient (Wildman–Crippen LogP) is 2.62. The van der Waals surface area contributed by atoms with Crippen molar-refractivity contribution in [2.24, 2.45) is 0 Å². The molecule has 3 heterocycles. The summed E-state index contributed by atoms with van der Waals surface area (Å²) >= 11 is 0. The van der Waals surface area contributed by atoms with E-state index in [2.05, 4.69) is 66.3 Å². The molecule has 350 valence electrons. The van der Waals surface area contributed by atoms with Gasteiger partial charge in [-0.15, -0.1) is 0 Å². The summed E-state index contributed by atoms with van der Waals surface area (Å²) in [6.45, 7) is 20.2. The summed E-state index contributed by atoms with van der Waals surface area (Å²) in [6, 6.07) is 13.4. The smallest absolute Gasteiger partial charge is 0.308 e. The van der Waals surface area contributed by atoms with Crippen LogP contribution in [0.15, 0.2) is 60.9 Å². The molecule has 17 heteroatoms. The van der Waals surface area contributed by atoms with Gasteiger partial charge in [0, 0.05) is 102 Å². The molecule has 4 N–H and O–H groups in total. The van der Waals surface area contributed by atoms with E-state index in [-0.39, 0.29) is 62.8 Å². The van der Waals surface area contributed by atoms with E-state index in [0.717, 1.165) is 77.6 Å². The minimum Gasteiger partial charge on any atom is -0.469 e. The highest BCUT2D eigenvalue weighted by atomic mass is 16.5. The van der Waals surface area contributed by atoms with E-state index >= 15 is 0 Å². The lowest BCUT2D eigenvalue weighted by atomic mass is 10.1. The van der Waals surface area contributed by atoms with Gasteiger partial charge in [0.2, 0.25) is 17.7 Å². The van der Waals surface area contributed by atoms with Crippen molar-refractivity contribution in [3.63, 3.8) is 0 Å². The third-order valence-corrected chi connectivity index (χ3v) is 12.3. The summed E-state index contributed by atoms with van der Waals surface area (Å²) in [5, 5.41) is 9.18.